The molecule has 3 aromatic rings. The molecule has 0 bridgehead atoms. The summed E-state index contributed by atoms with van der Waals surface area (Å²) in [7, 11) is -3.66. The van der Waals surface area contributed by atoms with E-state index in [1.54, 1.807) is 18.2 Å². The second-order valence-corrected chi connectivity index (χ2v) is 10.2. The maximum atomic E-state index is 13.4. The second kappa shape index (κ2) is 9.49. The van der Waals surface area contributed by atoms with Crippen molar-refractivity contribution in [2.45, 2.75) is 17.5 Å². The van der Waals surface area contributed by atoms with E-state index in [2.05, 4.69) is 4.98 Å². The molecule has 0 unspecified atom stereocenters. The summed E-state index contributed by atoms with van der Waals surface area (Å²) >= 11 is 0. The number of halogens is 3. The van der Waals surface area contributed by atoms with E-state index in [9.17, 15) is 26.4 Å². The van der Waals surface area contributed by atoms with E-state index in [-0.39, 0.29) is 22.4 Å². The van der Waals surface area contributed by atoms with Crippen LogP contribution in [0.2, 0.25) is 0 Å². The van der Waals surface area contributed by atoms with Gasteiger partial charge in [-0.1, -0.05) is 18.2 Å². The molecule has 0 aliphatic carbocycles. The van der Waals surface area contributed by atoms with Gasteiger partial charge in [-0.15, -0.1) is 0 Å². The van der Waals surface area contributed by atoms with Crippen molar-refractivity contribution in [2.75, 3.05) is 39.3 Å². The monoisotopic (exact) mass is 495 g/mol. The lowest BCUT2D eigenvalue weighted by molar-refractivity contribution is -0.136. The van der Waals surface area contributed by atoms with E-state index in [0.717, 1.165) is 5.56 Å². The molecule has 0 radical (unpaired) electrons. The Morgan fingerprint density at radius 2 is 1.59 bits per heavy atom. The molecule has 1 aliphatic heterocycles. The maximum absolute atomic E-state index is 13.4. The number of alkyl halides is 3. The van der Waals surface area contributed by atoms with Crippen molar-refractivity contribution in [2.24, 2.45) is 0 Å². The average Bonchev–Trinajstić information content (AvgIpc) is 2.79. The summed E-state index contributed by atoms with van der Waals surface area (Å²) in [6.45, 7) is 2.31. The summed E-state index contributed by atoms with van der Waals surface area (Å²) in [4.78, 5) is 16.1. The molecule has 34 heavy (non-hydrogen) atoms. The zero-order chi connectivity index (χ0) is 24.5. The van der Waals surface area contributed by atoms with E-state index < -0.39 is 27.3 Å². The standard InChI is InChI=1S/C23H24F3N3O4S/c24-23(25,26)20-15-22(31)27-21-6-3-17(14-19(20)21)13-16-1-4-18(5-2-16)34(32,33)29-9-7-28(8-10-29)11-12-30/h1-6,14-15,30H,7-13H2,(H,27,31). The minimum atomic E-state index is -4.66. The molecule has 182 valence electrons. The number of aliphatic hydroxyl groups excluding tert-OH is 1. The molecule has 11 heteroatoms. The fourth-order valence-electron chi connectivity index (χ4n) is 4.14. The van der Waals surface area contributed by atoms with Gasteiger partial charge in [-0.05, 0) is 41.8 Å². The Morgan fingerprint density at radius 3 is 2.21 bits per heavy atom. The normalized spacial score (nSPS) is 16.2. The van der Waals surface area contributed by atoms with Crippen LogP contribution in [0.5, 0.6) is 0 Å². The molecule has 2 N–H and O–H groups in total. The number of aromatic nitrogens is 1. The number of nitrogens with zero attached hydrogens (tertiary/aromatic N) is 2. The van der Waals surface area contributed by atoms with Gasteiger partial charge in [0.2, 0.25) is 15.6 Å². The maximum Gasteiger partial charge on any atom is 0.417 e. The third-order valence-corrected chi connectivity index (χ3v) is 7.84. The number of nitrogens with one attached hydrogen (secondary N) is 1. The summed E-state index contributed by atoms with van der Waals surface area (Å²) in [6.07, 6.45) is -4.36. The Hall–Kier alpha value is -2.73. The SMILES string of the molecule is O=c1cc(C(F)(F)F)c2cc(Cc3ccc(S(=O)(=O)N4CCN(CCO)CC4)cc3)ccc2[nH]1. The van der Waals surface area contributed by atoms with E-state index in [1.807, 2.05) is 4.90 Å². The number of aliphatic hydroxyl groups is 1. The Bertz CT molecular complexity index is 1330. The molecule has 4 rings (SSSR count). The first-order chi connectivity index (χ1) is 16.1. The predicted molar refractivity (Wildman–Crippen MR) is 121 cm³/mol. The first-order valence-electron chi connectivity index (χ1n) is 10.7. The lowest BCUT2D eigenvalue weighted by Crippen LogP contribution is -2.49. The summed E-state index contributed by atoms with van der Waals surface area (Å²) in [5.41, 5.74) is -0.373. The first-order valence-corrected chi connectivity index (χ1v) is 12.2. The highest BCUT2D eigenvalue weighted by atomic mass is 32.2. The van der Waals surface area contributed by atoms with Gasteiger partial charge in [0, 0.05) is 49.7 Å². The van der Waals surface area contributed by atoms with Crippen LogP contribution in [0.4, 0.5) is 13.2 Å². The van der Waals surface area contributed by atoms with Crippen LogP contribution in [0.3, 0.4) is 0 Å². The molecule has 2 heterocycles. The van der Waals surface area contributed by atoms with Gasteiger partial charge in [0.15, 0.2) is 0 Å². The summed E-state index contributed by atoms with van der Waals surface area (Å²) in [5, 5.41) is 8.94. The average molecular weight is 496 g/mol. The van der Waals surface area contributed by atoms with E-state index in [0.29, 0.717) is 50.8 Å². The molecule has 0 saturated carbocycles. The number of piperazine rings is 1. The Balaban J connectivity index is 1.53. The number of H-pyrrole nitrogens is 1. The van der Waals surface area contributed by atoms with Crippen molar-refractivity contribution in [3.8, 4) is 0 Å². The summed E-state index contributed by atoms with van der Waals surface area (Å²) in [6, 6.07) is 11.3. The number of pyridine rings is 1. The number of hydrogen-bond donors (Lipinski definition) is 2. The van der Waals surface area contributed by atoms with Crippen molar-refractivity contribution in [3.63, 3.8) is 0 Å². The molecule has 0 amide bonds. The summed E-state index contributed by atoms with van der Waals surface area (Å²) in [5.74, 6) is 0. The van der Waals surface area contributed by atoms with Crippen molar-refractivity contribution >= 4 is 20.9 Å². The van der Waals surface area contributed by atoms with Gasteiger partial charge >= 0.3 is 6.18 Å². The fraction of sp³-hybridized carbons (Fsp3) is 0.348. The zero-order valence-electron chi connectivity index (χ0n) is 18.2. The van der Waals surface area contributed by atoms with Crippen LogP contribution in [0.25, 0.3) is 10.9 Å². The van der Waals surface area contributed by atoms with E-state index >= 15 is 0 Å². The third kappa shape index (κ3) is 5.17. The number of rotatable bonds is 6. The van der Waals surface area contributed by atoms with Crippen molar-refractivity contribution in [1.82, 2.24) is 14.2 Å². The molecule has 2 aromatic carbocycles. The summed E-state index contributed by atoms with van der Waals surface area (Å²) < 4.78 is 67.5. The molecule has 0 atom stereocenters. The quantitative estimate of drug-likeness (QED) is 0.548. The van der Waals surface area contributed by atoms with Gasteiger partial charge < -0.3 is 10.1 Å². The molecule has 1 saturated heterocycles. The van der Waals surface area contributed by atoms with E-state index in [4.69, 9.17) is 5.11 Å². The van der Waals surface area contributed by atoms with Gasteiger partial charge in [0.25, 0.3) is 0 Å². The molecule has 0 spiro atoms. The van der Waals surface area contributed by atoms with Crippen LogP contribution in [-0.4, -0.2) is 67.0 Å². The molecular formula is C23H24F3N3O4S. The largest absolute Gasteiger partial charge is 0.417 e. The van der Waals surface area contributed by atoms with Gasteiger partial charge in [-0.25, -0.2) is 8.42 Å². The number of fused-ring (bicyclic) bond motifs is 1. The van der Waals surface area contributed by atoms with Crippen LogP contribution in [-0.2, 0) is 22.6 Å². The van der Waals surface area contributed by atoms with Gasteiger partial charge in [0.05, 0.1) is 17.1 Å². The number of aromatic amines is 1. The highest BCUT2D eigenvalue weighted by Gasteiger charge is 2.33. The highest BCUT2D eigenvalue weighted by molar-refractivity contribution is 7.89. The molecule has 1 aliphatic rings. The minimum absolute atomic E-state index is 0.0286. The second-order valence-electron chi connectivity index (χ2n) is 8.22. The van der Waals surface area contributed by atoms with Gasteiger partial charge in [-0.3, -0.25) is 9.69 Å². The molecule has 7 nitrogen and oxygen atoms in total. The number of sulfonamides is 1. The first kappa shape index (κ1) is 24.4. The smallest absolute Gasteiger partial charge is 0.395 e. The zero-order valence-corrected chi connectivity index (χ0v) is 19.0. The topological polar surface area (TPSA) is 93.7 Å². The van der Waals surface area contributed by atoms with Crippen LogP contribution < -0.4 is 5.56 Å². The Kier molecular flexibility index (Phi) is 6.81. The van der Waals surface area contributed by atoms with Gasteiger partial charge in [0.1, 0.15) is 0 Å². The van der Waals surface area contributed by atoms with E-state index in [1.165, 1.54) is 28.6 Å². The lowest BCUT2D eigenvalue weighted by Gasteiger charge is -2.33. The van der Waals surface area contributed by atoms with Crippen LogP contribution in [0.1, 0.15) is 16.7 Å². The van der Waals surface area contributed by atoms with Crippen LogP contribution in [0.15, 0.2) is 58.2 Å². The Labute approximate surface area is 194 Å². The lowest BCUT2D eigenvalue weighted by atomic mass is 10.0. The van der Waals surface area contributed by atoms with Crippen molar-refractivity contribution in [1.29, 1.82) is 0 Å². The number of benzene rings is 2. The third-order valence-electron chi connectivity index (χ3n) is 5.93. The number of hydrogen-bond acceptors (Lipinski definition) is 5. The van der Waals surface area contributed by atoms with Gasteiger partial charge in [-0.2, -0.15) is 17.5 Å². The minimum Gasteiger partial charge on any atom is -0.395 e. The Morgan fingerprint density at radius 1 is 0.941 bits per heavy atom. The van der Waals surface area contributed by atoms with Crippen molar-refractivity contribution in [3.05, 3.63) is 75.6 Å². The molecular weight excluding hydrogens is 471 g/mol. The highest BCUT2D eigenvalue weighted by Crippen LogP contribution is 2.33. The van der Waals surface area contributed by atoms with Crippen LogP contribution in [0, 0.1) is 0 Å². The molecule has 1 aromatic heterocycles. The fourth-order valence-corrected chi connectivity index (χ4v) is 5.57. The molecule has 1 fully saturated rings. The van der Waals surface area contributed by atoms with Crippen molar-refractivity contribution < 1.29 is 26.7 Å². The van der Waals surface area contributed by atoms with Crippen LogP contribution >= 0.6 is 0 Å². The number of β-amino-alcohol motifs (C(OH)–C–C–N with tert-alkyl or cyclic N) is 1. The predicted octanol–water partition coefficient (Wildman–Crippen LogP) is 2.44.